The summed E-state index contributed by atoms with van der Waals surface area (Å²) in [5.74, 6) is 0.0512. The fourth-order valence-corrected chi connectivity index (χ4v) is 3.22. The first-order chi connectivity index (χ1) is 15.1. The Morgan fingerprint density at radius 3 is 2.74 bits per heavy atom. The Bertz CT molecular complexity index is 1330. The minimum atomic E-state index is -0.167. The standard InChI is InChI=1S/C20H18N10O/c21-20-26-18-7-15(5-6-30(18)27-20)16-8-23-28(10-16)11-19(31)25-17-3-1-14(2-4-17)9-29-13-22-12-24-29/h1-8,10,12-13H,9,11H2,(H2,21,27)(H,25,31). The van der Waals surface area contributed by atoms with Gasteiger partial charge in [-0.2, -0.15) is 15.2 Å². The number of aromatic nitrogens is 8. The highest BCUT2D eigenvalue weighted by Gasteiger charge is 2.09. The summed E-state index contributed by atoms with van der Waals surface area (Å²) in [6.07, 6.45) is 8.46. The molecular formula is C20H18N10O. The normalized spacial score (nSPS) is 11.1. The van der Waals surface area contributed by atoms with E-state index in [2.05, 4.69) is 30.6 Å². The van der Waals surface area contributed by atoms with Crippen molar-refractivity contribution in [3.8, 4) is 11.1 Å². The van der Waals surface area contributed by atoms with Crippen LogP contribution in [-0.2, 0) is 17.9 Å². The minimum absolute atomic E-state index is 0.0980. The van der Waals surface area contributed by atoms with Gasteiger partial charge in [-0.25, -0.2) is 14.2 Å². The van der Waals surface area contributed by atoms with Crippen LogP contribution in [0.25, 0.3) is 16.8 Å². The Labute approximate surface area is 176 Å². The molecule has 4 aromatic heterocycles. The number of nitrogens with zero attached hydrogens (tertiary/aromatic N) is 8. The van der Waals surface area contributed by atoms with Gasteiger partial charge in [-0.15, -0.1) is 5.10 Å². The van der Waals surface area contributed by atoms with Crippen molar-refractivity contribution in [2.24, 2.45) is 0 Å². The molecule has 3 N–H and O–H groups in total. The highest BCUT2D eigenvalue weighted by molar-refractivity contribution is 5.90. The molecule has 0 aliphatic heterocycles. The van der Waals surface area contributed by atoms with Crippen LogP contribution in [0.15, 0.2) is 67.6 Å². The van der Waals surface area contributed by atoms with Gasteiger partial charge in [0.05, 0.1) is 12.7 Å². The lowest BCUT2D eigenvalue weighted by Crippen LogP contribution is -2.19. The average Bonchev–Trinajstić information content (AvgIpc) is 3.49. The van der Waals surface area contributed by atoms with Crippen LogP contribution >= 0.6 is 0 Å². The third-order valence-electron chi connectivity index (χ3n) is 4.67. The predicted octanol–water partition coefficient (Wildman–Crippen LogP) is 1.45. The van der Waals surface area contributed by atoms with Gasteiger partial charge in [0.1, 0.15) is 19.2 Å². The zero-order valence-electron chi connectivity index (χ0n) is 16.3. The molecule has 1 aromatic carbocycles. The first-order valence-corrected chi connectivity index (χ1v) is 9.48. The summed E-state index contributed by atoms with van der Waals surface area (Å²) in [6, 6.07) is 11.4. The highest BCUT2D eigenvalue weighted by atomic mass is 16.2. The fourth-order valence-electron chi connectivity index (χ4n) is 3.22. The fraction of sp³-hybridized carbons (Fsp3) is 0.100. The van der Waals surface area contributed by atoms with Crippen LogP contribution in [0.1, 0.15) is 5.56 Å². The molecule has 4 heterocycles. The molecule has 0 aliphatic carbocycles. The zero-order valence-corrected chi connectivity index (χ0v) is 16.3. The number of carbonyl (C=O) groups excluding carboxylic acids is 1. The van der Waals surface area contributed by atoms with Gasteiger partial charge >= 0.3 is 0 Å². The smallest absolute Gasteiger partial charge is 0.246 e. The topological polar surface area (TPSA) is 134 Å². The number of fused-ring (bicyclic) bond motifs is 1. The van der Waals surface area contributed by atoms with Crippen LogP contribution in [-0.4, -0.2) is 45.1 Å². The molecule has 11 nitrogen and oxygen atoms in total. The van der Waals surface area contributed by atoms with Gasteiger partial charge in [-0.05, 0) is 35.4 Å². The molecule has 0 saturated carbocycles. The molecule has 0 aliphatic rings. The van der Waals surface area contributed by atoms with Gasteiger partial charge in [-0.1, -0.05) is 12.1 Å². The lowest BCUT2D eigenvalue weighted by Gasteiger charge is -2.07. The molecule has 5 rings (SSSR count). The number of nitrogens with one attached hydrogen (secondary N) is 1. The SMILES string of the molecule is Nc1nc2cc(-c3cnn(CC(=O)Nc4ccc(Cn5cncn5)cc4)c3)ccn2n1. The molecule has 0 spiro atoms. The van der Waals surface area contributed by atoms with Crippen LogP contribution in [0.3, 0.4) is 0 Å². The second kappa shape index (κ2) is 7.71. The van der Waals surface area contributed by atoms with Crippen LogP contribution in [0.2, 0.25) is 0 Å². The molecule has 0 radical (unpaired) electrons. The number of benzene rings is 1. The maximum absolute atomic E-state index is 12.4. The quantitative estimate of drug-likeness (QED) is 0.429. The van der Waals surface area contributed by atoms with E-state index in [0.717, 1.165) is 22.4 Å². The maximum atomic E-state index is 12.4. The molecular weight excluding hydrogens is 396 g/mol. The molecule has 1 amide bonds. The van der Waals surface area contributed by atoms with Gasteiger partial charge in [0.2, 0.25) is 11.9 Å². The Hall–Kier alpha value is -4.54. The molecule has 0 atom stereocenters. The molecule has 0 saturated heterocycles. The van der Waals surface area contributed by atoms with Crippen LogP contribution < -0.4 is 11.1 Å². The van der Waals surface area contributed by atoms with Crippen molar-refractivity contribution in [1.29, 1.82) is 0 Å². The summed E-state index contributed by atoms with van der Waals surface area (Å²) < 4.78 is 4.93. The second-order valence-electron chi connectivity index (χ2n) is 6.95. The van der Waals surface area contributed by atoms with Crippen LogP contribution in [0, 0.1) is 0 Å². The molecule has 0 bridgehead atoms. The number of nitrogens with two attached hydrogens (primary N) is 1. The highest BCUT2D eigenvalue weighted by Crippen LogP contribution is 2.20. The van der Waals surface area contributed by atoms with Crippen molar-refractivity contribution in [1.82, 2.24) is 39.1 Å². The van der Waals surface area contributed by atoms with Crippen molar-refractivity contribution in [2.45, 2.75) is 13.1 Å². The van der Waals surface area contributed by atoms with E-state index in [-0.39, 0.29) is 18.4 Å². The number of hydrogen-bond donors (Lipinski definition) is 2. The lowest BCUT2D eigenvalue weighted by molar-refractivity contribution is -0.116. The number of nitrogen functional groups attached to an aromatic ring is 1. The maximum Gasteiger partial charge on any atom is 0.246 e. The summed E-state index contributed by atoms with van der Waals surface area (Å²) in [5, 5.41) is 15.3. The van der Waals surface area contributed by atoms with E-state index < -0.39 is 0 Å². The van der Waals surface area contributed by atoms with E-state index in [4.69, 9.17) is 5.73 Å². The average molecular weight is 414 g/mol. The largest absolute Gasteiger partial charge is 0.366 e. The van der Waals surface area contributed by atoms with Gasteiger partial charge < -0.3 is 11.1 Å². The van der Waals surface area contributed by atoms with E-state index in [1.807, 2.05) is 42.6 Å². The van der Waals surface area contributed by atoms with Crippen molar-refractivity contribution < 1.29 is 4.79 Å². The third-order valence-corrected chi connectivity index (χ3v) is 4.67. The Morgan fingerprint density at radius 2 is 1.94 bits per heavy atom. The van der Waals surface area contributed by atoms with E-state index in [1.165, 1.54) is 6.33 Å². The van der Waals surface area contributed by atoms with Crippen molar-refractivity contribution in [3.05, 3.63) is 73.2 Å². The summed E-state index contributed by atoms with van der Waals surface area (Å²) in [6.45, 7) is 0.721. The van der Waals surface area contributed by atoms with Crippen LogP contribution in [0.4, 0.5) is 11.6 Å². The number of rotatable bonds is 6. The molecule has 0 fully saturated rings. The Kier molecular flexibility index (Phi) is 4.60. The number of hydrogen-bond acceptors (Lipinski definition) is 7. The number of anilines is 2. The van der Waals surface area contributed by atoms with Crippen LogP contribution in [0.5, 0.6) is 0 Å². The van der Waals surface area contributed by atoms with Gasteiger partial charge in [-0.3, -0.25) is 9.48 Å². The summed E-state index contributed by atoms with van der Waals surface area (Å²) in [5.41, 5.74) is 9.84. The number of amides is 1. The summed E-state index contributed by atoms with van der Waals surface area (Å²) in [7, 11) is 0. The zero-order chi connectivity index (χ0) is 21.2. The van der Waals surface area contributed by atoms with E-state index in [9.17, 15) is 4.79 Å². The molecule has 5 aromatic rings. The van der Waals surface area contributed by atoms with Crippen molar-refractivity contribution in [3.63, 3.8) is 0 Å². The van der Waals surface area contributed by atoms with Gasteiger partial charge in [0.25, 0.3) is 0 Å². The third kappa shape index (κ3) is 4.10. The van der Waals surface area contributed by atoms with Crippen molar-refractivity contribution in [2.75, 3.05) is 11.1 Å². The monoisotopic (exact) mass is 414 g/mol. The molecule has 0 unspecified atom stereocenters. The minimum Gasteiger partial charge on any atom is -0.366 e. The summed E-state index contributed by atoms with van der Waals surface area (Å²) in [4.78, 5) is 20.5. The summed E-state index contributed by atoms with van der Waals surface area (Å²) >= 11 is 0. The van der Waals surface area contributed by atoms with Gasteiger partial charge in [0.15, 0.2) is 5.65 Å². The lowest BCUT2D eigenvalue weighted by atomic mass is 10.1. The second-order valence-corrected chi connectivity index (χ2v) is 6.95. The molecule has 154 valence electrons. The molecule has 31 heavy (non-hydrogen) atoms. The van der Waals surface area contributed by atoms with Crippen molar-refractivity contribution >= 4 is 23.2 Å². The first-order valence-electron chi connectivity index (χ1n) is 9.48. The number of pyridine rings is 1. The van der Waals surface area contributed by atoms with E-state index in [0.29, 0.717) is 12.2 Å². The van der Waals surface area contributed by atoms with E-state index >= 15 is 0 Å². The Morgan fingerprint density at radius 1 is 1.06 bits per heavy atom. The first kappa shape index (κ1) is 18.5. The number of carbonyl (C=O) groups is 1. The Balaban J connectivity index is 1.22. The van der Waals surface area contributed by atoms with Gasteiger partial charge in [0, 0.05) is 23.6 Å². The van der Waals surface area contributed by atoms with E-state index in [1.54, 1.807) is 32.6 Å². The predicted molar refractivity (Wildman–Crippen MR) is 113 cm³/mol. The molecule has 11 heteroatoms.